The van der Waals surface area contributed by atoms with Gasteiger partial charge in [0.1, 0.15) is 0 Å². The molecule has 0 aliphatic carbocycles. The topological polar surface area (TPSA) is 110 Å². The Bertz CT molecular complexity index is 914. The molecule has 8 nitrogen and oxygen atoms in total. The maximum absolute atomic E-state index is 12.0. The van der Waals surface area contributed by atoms with Crippen LogP contribution < -0.4 is 10.6 Å². The van der Waals surface area contributed by atoms with Crippen LogP contribution in [0.4, 0.5) is 0 Å². The van der Waals surface area contributed by atoms with Crippen molar-refractivity contribution in [2.24, 2.45) is 0 Å². The van der Waals surface area contributed by atoms with E-state index in [1.807, 2.05) is 0 Å². The van der Waals surface area contributed by atoms with Crippen molar-refractivity contribution in [3.05, 3.63) is 65.3 Å². The van der Waals surface area contributed by atoms with Crippen molar-refractivity contribution >= 4 is 23.4 Å². The smallest absolute Gasteiger partial charge is 0.316 e. The Hall–Kier alpha value is -3.26. The minimum absolute atomic E-state index is 0.168. The third kappa shape index (κ3) is 4.42. The van der Waals surface area contributed by atoms with Crippen LogP contribution >= 0.6 is 11.6 Å². The highest BCUT2D eigenvalue weighted by atomic mass is 35.5. The summed E-state index contributed by atoms with van der Waals surface area (Å²) >= 11 is 5.91. The molecule has 26 heavy (non-hydrogen) atoms. The molecule has 2 N–H and O–H groups in total. The Labute approximate surface area is 153 Å². The molecule has 2 heterocycles. The quantitative estimate of drug-likeness (QED) is 0.641. The Morgan fingerprint density at radius 3 is 2.62 bits per heavy atom. The van der Waals surface area contributed by atoms with Gasteiger partial charge in [0.2, 0.25) is 5.82 Å². The molecule has 9 heteroatoms. The normalized spacial score (nSPS) is 10.3. The van der Waals surface area contributed by atoms with Crippen molar-refractivity contribution in [2.45, 2.75) is 0 Å². The Morgan fingerprint density at radius 1 is 1.08 bits per heavy atom. The number of nitrogens with zero attached hydrogens (tertiary/aromatic N) is 3. The Kier molecular flexibility index (Phi) is 5.55. The molecular weight excluding hydrogens is 358 g/mol. The second-order valence-electron chi connectivity index (χ2n) is 5.19. The van der Waals surface area contributed by atoms with Crippen molar-refractivity contribution in [1.29, 1.82) is 0 Å². The number of hydrogen-bond acceptors (Lipinski definition) is 6. The van der Waals surface area contributed by atoms with E-state index >= 15 is 0 Å². The monoisotopic (exact) mass is 371 g/mol. The highest BCUT2D eigenvalue weighted by molar-refractivity contribution is 6.30. The molecule has 0 saturated carbocycles. The molecule has 3 rings (SSSR count). The van der Waals surface area contributed by atoms with E-state index in [1.165, 1.54) is 6.20 Å². The SMILES string of the molecule is O=C(NCCNC(=O)c1nc(-c2cccc(Cl)c2)no1)c1cccnc1. The van der Waals surface area contributed by atoms with E-state index in [4.69, 9.17) is 16.1 Å². The van der Waals surface area contributed by atoms with Crippen LogP contribution in [-0.4, -0.2) is 40.0 Å². The minimum Gasteiger partial charge on any atom is -0.350 e. The van der Waals surface area contributed by atoms with Gasteiger partial charge in [-0.15, -0.1) is 0 Å². The lowest BCUT2D eigenvalue weighted by Gasteiger charge is -2.05. The summed E-state index contributed by atoms with van der Waals surface area (Å²) in [6.45, 7) is 0.453. The van der Waals surface area contributed by atoms with Gasteiger partial charge in [-0.3, -0.25) is 14.6 Å². The van der Waals surface area contributed by atoms with E-state index in [9.17, 15) is 9.59 Å². The molecule has 0 radical (unpaired) electrons. The molecule has 1 aromatic carbocycles. The third-order valence-electron chi connectivity index (χ3n) is 3.32. The summed E-state index contributed by atoms with van der Waals surface area (Å²) in [6, 6.07) is 10.2. The molecule has 0 aliphatic heterocycles. The van der Waals surface area contributed by atoms with E-state index in [-0.39, 0.29) is 30.7 Å². The Morgan fingerprint density at radius 2 is 1.88 bits per heavy atom. The highest BCUT2D eigenvalue weighted by Crippen LogP contribution is 2.19. The zero-order valence-corrected chi connectivity index (χ0v) is 14.2. The molecule has 0 fully saturated rings. The molecule has 132 valence electrons. The molecule has 0 aliphatic rings. The van der Waals surface area contributed by atoms with Crippen molar-refractivity contribution in [3.8, 4) is 11.4 Å². The predicted molar refractivity (Wildman–Crippen MR) is 93.6 cm³/mol. The van der Waals surface area contributed by atoms with Gasteiger partial charge in [0.05, 0.1) is 5.56 Å². The van der Waals surface area contributed by atoms with Crippen molar-refractivity contribution in [3.63, 3.8) is 0 Å². The average molecular weight is 372 g/mol. The number of carbonyl (C=O) groups excluding carboxylic acids is 2. The minimum atomic E-state index is -0.526. The molecule has 0 unspecified atom stereocenters. The molecule has 0 atom stereocenters. The first-order chi connectivity index (χ1) is 12.6. The lowest BCUT2D eigenvalue weighted by Crippen LogP contribution is -2.34. The lowest BCUT2D eigenvalue weighted by atomic mass is 10.2. The van der Waals surface area contributed by atoms with Gasteiger partial charge in [-0.05, 0) is 24.3 Å². The summed E-state index contributed by atoms with van der Waals surface area (Å²) in [5.74, 6) is -0.698. The van der Waals surface area contributed by atoms with Gasteiger partial charge in [-0.1, -0.05) is 28.9 Å². The number of halogens is 1. The second kappa shape index (κ2) is 8.21. The average Bonchev–Trinajstić information content (AvgIpc) is 3.16. The number of rotatable bonds is 6. The molecular formula is C17H14ClN5O3. The fourth-order valence-corrected chi connectivity index (χ4v) is 2.28. The van der Waals surface area contributed by atoms with Crippen LogP contribution in [0.5, 0.6) is 0 Å². The fraction of sp³-hybridized carbons (Fsp3) is 0.118. The second-order valence-corrected chi connectivity index (χ2v) is 5.62. The zero-order chi connectivity index (χ0) is 18.4. The Balaban J connectivity index is 1.49. The van der Waals surface area contributed by atoms with Gasteiger partial charge in [0.15, 0.2) is 0 Å². The maximum Gasteiger partial charge on any atom is 0.316 e. The fourth-order valence-electron chi connectivity index (χ4n) is 2.09. The van der Waals surface area contributed by atoms with Gasteiger partial charge in [0.25, 0.3) is 5.91 Å². The van der Waals surface area contributed by atoms with Crippen LogP contribution in [0.15, 0.2) is 53.3 Å². The van der Waals surface area contributed by atoms with E-state index in [1.54, 1.807) is 42.6 Å². The summed E-state index contributed by atoms with van der Waals surface area (Å²) in [4.78, 5) is 31.8. The van der Waals surface area contributed by atoms with E-state index < -0.39 is 5.91 Å². The first kappa shape index (κ1) is 17.6. The van der Waals surface area contributed by atoms with Gasteiger partial charge < -0.3 is 15.2 Å². The van der Waals surface area contributed by atoms with Gasteiger partial charge in [-0.25, -0.2) is 0 Å². The lowest BCUT2D eigenvalue weighted by molar-refractivity contribution is 0.0898. The van der Waals surface area contributed by atoms with Crippen molar-refractivity contribution in [1.82, 2.24) is 25.8 Å². The molecule has 0 bridgehead atoms. The first-order valence-corrected chi connectivity index (χ1v) is 8.07. The highest BCUT2D eigenvalue weighted by Gasteiger charge is 2.16. The first-order valence-electron chi connectivity index (χ1n) is 7.69. The van der Waals surface area contributed by atoms with Crippen molar-refractivity contribution < 1.29 is 14.1 Å². The van der Waals surface area contributed by atoms with E-state index in [0.29, 0.717) is 16.1 Å². The summed E-state index contributed by atoms with van der Waals surface area (Å²) in [7, 11) is 0. The van der Waals surface area contributed by atoms with Gasteiger partial charge >= 0.3 is 11.8 Å². The standard InChI is InChI=1S/C17H14ClN5O3/c18-13-5-1-3-11(9-13)14-22-17(26-23-14)16(25)21-8-7-20-15(24)12-4-2-6-19-10-12/h1-6,9-10H,7-8H2,(H,20,24)(H,21,25). The maximum atomic E-state index is 12.0. The van der Waals surface area contributed by atoms with E-state index in [2.05, 4.69) is 25.8 Å². The largest absolute Gasteiger partial charge is 0.350 e. The van der Waals surface area contributed by atoms with Crippen molar-refractivity contribution in [2.75, 3.05) is 13.1 Å². The van der Waals surface area contributed by atoms with Crippen LogP contribution in [0.2, 0.25) is 5.02 Å². The molecule has 3 aromatic rings. The van der Waals surface area contributed by atoms with Crippen LogP contribution in [0.1, 0.15) is 21.0 Å². The summed E-state index contributed by atoms with van der Waals surface area (Å²) < 4.78 is 4.96. The summed E-state index contributed by atoms with van der Waals surface area (Å²) in [5, 5.41) is 9.55. The summed E-state index contributed by atoms with van der Waals surface area (Å²) in [6.07, 6.45) is 3.04. The van der Waals surface area contributed by atoms with Crippen LogP contribution in [0, 0.1) is 0 Å². The number of aromatic nitrogens is 3. The number of carbonyl (C=O) groups is 2. The molecule has 2 aromatic heterocycles. The van der Waals surface area contributed by atoms with Gasteiger partial charge in [-0.2, -0.15) is 4.98 Å². The van der Waals surface area contributed by atoms with Crippen LogP contribution in [0.25, 0.3) is 11.4 Å². The molecule has 0 saturated heterocycles. The number of benzene rings is 1. The number of hydrogen-bond donors (Lipinski definition) is 2. The summed E-state index contributed by atoms with van der Waals surface area (Å²) in [5.41, 5.74) is 1.09. The van der Waals surface area contributed by atoms with Crippen LogP contribution in [0.3, 0.4) is 0 Å². The zero-order valence-electron chi connectivity index (χ0n) is 13.5. The van der Waals surface area contributed by atoms with Crippen LogP contribution in [-0.2, 0) is 0 Å². The predicted octanol–water partition coefficient (Wildman–Crippen LogP) is 1.94. The number of amides is 2. The number of nitrogens with one attached hydrogen (secondary N) is 2. The van der Waals surface area contributed by atoms with E-state index in [0.717, 1.165) is 0 Å². The molecule has 0 spiro atoms. The van der Waals surface area contributed by atoms with Gasteiger partial charge in [0, 0.05) is 36.1 Å². The third-order valence-corrected chi connectivity index (χ3v) is 3.56. The molecule has 2 amide bonds. The number of pyridine rings is 1.